The van der Waals surface area contributed by atoms with E-state index in [2.05, 4.69) is 30.7 Å². The normalized spacial score (nSPS) is 19.9. The van der Waals surface area contributed by atoms with Crippen molar-refractivity contribution in [2.75, 3.05) is 6.54 Å². The van der Waals surface area contributed by atoms with Gasteiger partial charge in [0.25, 0.3) is 0 Å². The zero-order valence-electron chi connectivity index (χ0n) is 8.01. The monoisotopic (exact) mass is 202 g/mol. The van der Waals surface area contributed by atoms with Gasteiger partial charge in [0.1, 0.15) is 11.7 Å². The molecule has 6 heteroatoms. The Morgan fingerprint density at radius 1 is 1.27 bits per heavy atom. The first-order valence-electron chi connectivity index (χ1n) is 4.85. The lowest BCUT2D eigenvalue weighted by atomic mass is 10.1. The van der Waals surface area contributed by atoms with Gasteiger partial charge in [-0.15, -0.1) is 5.10 Å². The lowest BCUT2D eigenvalue weighted by Gasteiger charge is -2.20. The maximum atomic E-state index is 4.23. The molecule has 0 aliphatic carbocycles. The van der Waals surface area contributed by atoms with E-state index in [1.54, 1.807) is 18.5 Å². The molecule has 6 nitrogen and oxygen atoms in total. The lowest BCUT2D eigenvalue weighted by Crippen LogP contribution is -2.31. The largest absolute Gasteiger partial charge is 0.302 e. The Morgan fingerprint density at radius 3 is 3.00 bits per heavy atom. The molecule has 0 amide bonds. The summed E-state index contributed by atoms with van der Waals surface area (Å²) in [4.78, 5) is 8.45. The van der Waals surface area contributed by atoms with Crippen LogP contribution in [0.2, 0.25) is 0 Å². The number of nitrogens with zero attached hydrogens (tertiary/aromatic N) is 4. The van der Waals surface area contributed by atoms with E-state index in [-0.39, 0.29) is 6.04 Å². The molecular weight excluding hydrogens is 192 g/mol. The topological polar surface area (TPSA) is 79.4 Å². The first-order valence-corrected chi connectivity index (χ1v) is 4.85. The Kier molecular flexibility index (Phi) is 1.92. The Balaban J connectivity index is 2.03. The minimum absolute atomic E-state index is 0.0336. The molecule has 3 rings (SSSR count). The Labute approximate surface area is 86.2 Å². The molecule has 1 aliphatic heterocycles. The number of rotatable bonds is 1. The first kappa shape index (κ1) is 8.49. The molecule has 0 bridgehead atoms. The zero-order chi connectivity index (χ0) is 10.1. The highest BCUT2D eigenvalue weighted by Gasteiger charge is 2.26. The molecule has 0 fully saturated rings. The molecule has 76 valence electrons. The van der Waals surface area contributed by atoms with E-state index < -0.39 is 0 Å². The van der Waals surface area contributed by atoms with Crippen LogP contribution >= 0.6 is 0 Å². The molecule has 0 saturated carbocycles. The van der Waals surface area contributed by atoms with Crippen LogP contribution in [0.15, 0.2) is 18.5 Å². The van der Waals surface area contributed by atoms with Crippen molar-refractivity contribution < 1.29 is 0 Å². The standard InChI is InChI=1S/C9H10N6/c1-3-11-9(12-4-1)8-7-6(2-5-10-8)13-15-14-7/h1,3-4,8,10H,2,5H2,(H,13,14,15). The molecule has 3 heterocycles. The third-order valence-electron chi connectivity index (χ3n) is 2.49. The zero-order valence-corrected chi connectivity index (χ0v) is 8.01. The van der Waals surface area contributed by atoms with Crippen LogP contribution in [0.5, 0.6) is 0 Å². The number of nitrogens with one attached hydrogen (secondary N) is 2. The number of aromatic amines is 1. The second-order valence-electron chi connectivity index (χ2n) is 3.42. The van der Waals surface area contributed by atoms with Crippen LogP contribution in [0.4, 0.5) is 0 Å². The summed E-state index contributed by atoms with van der Waals surface area (Å²) in [6, 6.07) is 1.77. The van der Waals surface area contributed by atoms with Crippen LogP contribution in [-0.4, -0.2) is 31.9 Å². The van der Waals surface area contributed by atoms with Crippen molar-refractivity contribution in [3.05, 3.63) is 35.7 Å². The van der Waals surface area contributed by atoms with Gasteiger partial charge in [-0.3, -0.25) is 5.10 Å². The molecule has 0 aromatic carbocycles. The first-order chi connectivity index (χ1) is 7.45. The van der Waals surface area contributed by atoms with E-state index in [9.17, 15) is 0 Å². The van der Waals surface area contributed by atoms with Gasteiger partial charge in [-0.25, -0.2) is 9.97 Å². The summed E-state index contributed by atoms with van der Waals surface area (Å²) in [5.41, 5.74) is 1.98. The quantitative estimate of drug-likeness (QED) is 0.671. The molecule has 15 heavy (non-hydrogen) atoms. The summed E-state index contributed by atoms with van der Waals surface area (Å²) >= 11 is 0. The van der Waals surface area contributed by atoms with Crippen LogP contribution in [0, 0.1) is 0 Å². The molecular formula is C9H10N6. The Bertz CT molecular complexity index is 451. The predicted octanol–water partition coefficient (Wildman–Crippen LogP) is -0.170. The number of hydrogen-bond donors (Lipinski definition) is 2. The van der Waals surface area contributed by atoms with Gasteiger partial charge in [-0.1, -0.05) is 5.21 Å². The summed E-state index contributed by atoms with van der Waals surface area (Å²) in [7, 11) is 0. The van der Waals surface area contributed by atoms with Crippen molar-refractivity contribution in [3.63, 3.8) is 0 Å². The minimum Gasteiger partial charge on any atom is -0.302 e. The third-order valence-corrected chi connectivity index (χ3v) is 2.49. The van der Waals surface area contributed by atoms with Gasteiger partial charge in [-0.05, 0) is 6.07 Å². The molecule has 2 N–H and O–H groups in total. The van der Waals surface area contributed by atoms with Gasteiger partial charge in [0.2, 0.25) is 0 Å². The SMILES string of the molecule is c1cnc(C2NCCc3[nH]nnc32)nc1. The molecule has 0 radical (unpaired) electrons. The van der Waals surface area contributed by atoms with Crippen LogP contribution < -0.4 is 5.32 Å². The fourth-order valence-corrected chi connectivity index (χ4v) is 1.78. The molecule has 2 aromatic rings. The van der Waals surface area contributed by atoms with Gasteiger partial charge < -0.3 is 5.32 Å². The van der Waals surface area contributed by atoms with E-state index in [0.717, 1.165) is 30.2 Å². The van der Waals surface area contributed by atoms with Crippen molar-refractivity contribution in [2.24, 2.45) is 0 Å². The van der Waals surface area contributed by atoms with Crippen molar-refractivity contribution in [3.8, 4) is 0 Å². The summed E-state index contributed by atoms with van der Waals surface area (Å²) in [5, 5.41) is 14.1. The van der Waals surface area contributed by atoms with Crippen LogP contribution in [0.25, 0.3) is 0 Å². The van der Waals surface area contributed by atoms with E-state index in [1.807, 2.05) is 0 Å². The van der Waals surface area contributed by atoms with Gasteiger partial charge in [0.15, 0.2) is 5.82 Å². The summed E-state index contributed by atoms with van der Waals surface area (Å²) in [5.74, 6) is 0.743. The number of fused-ring (bicyclic) bond motifs is 1. The maximum Gasteiger partial charge on any atom is 0.151 e. The maximum absolute atomic E-state index is 4.23. The van der Waals surface area contributed by atoms with Crippen molar-refractivity contribution in [2.45, 2.75) is 12.5 Å². The highest BCUT2D eigenvalue weighted by Crippen LogP contribution is 2.22. The molecule has 1 aliphatic rings. The second-order valence-corrected chi connectivity index (χ2v) is 3.42. The molecule has 0 saturated heterocycles. The predicted molar refractivity (Wildman–Crippen MR) is 52.0 cm³/mol. The summed E-state index contributed by atoms with van der Waals surface area (Å²) in [6.07, 6.45) is 4.39. The molecule has 1 atom stereocenters. The lowest BCUT2D eigenvalue weighted by molar-refractivity contribution is 0.530. The van der Waals surface area contributed by atoms with Crippen LogP contribution in [-0.2, 0) is 6.42 Å². The van der Waals surface area contributed by atoms with Crippen molar-refractivity contribution >= 4 is 0 Å². The number of hydrogen-bond acceptors (Lipinski definition) is 5. The van der Waals surface area contributed by atoms with E-state index in [1.165, 1.54) is 0 Å². The highest BCUT2D eigenvalue weighted by molar-refractivity contribution is 5.23. The summed E-state index contributed by atoms with van der Waals surface area (Å²) < 4.78 is 0. The van der Waals surface area contributed by atoms with Gasteiger partial charge in [0, 0.05) is 25.4 Å². The fourth-order valence-electron chi connectivity index (χ4n) is 1.78. The second kappa shape index (κ2) is 3.39. The van der Waals surface area contributed by atoms with E-state index in [0.29, 0.717) is 0 Å². The average molecular weight is 202 g/mol. The van der Waals surface area contributed by atoms with Gasteiger partial charge >= 0.3 is 0 Å². The van der Waals surface area contributed by atoms with Gasteiger partial charge in [0.05, 0.1) is 5.69 Å². The third kappa shape index (κ3) is 1.39. The molecule has 0 spiro atoms. The summed E-state index contributed by atoms with van der Waals surface area (Å²) in [6.45, 7) is 0.889. The van der Waals surface area contributed by atoms with E-state index in [4.69, 9.17) is 0 Å². The smallest absolute Gasteiger partial charge is 0.151 e. The van der Waals surface area contributed by atoms with Crippen molar-refractivity contribution in [1.29, 1.82) is 0 Å². The Hall–Kier alpha value is -1.82. The van der Waals surface area contributed by atoms with Gasteiger partial charge in [-0.2, -0.15) is 0 Å². The fraction of sp³-hybridized carbons (Fsp3) is 0.333. The minimum atomic E-state index is -0.0336. The van der Waals surface area contributed by atoms with Crippen molar-refractivity contribution in [1.82, 2.24) is 30.7 Å². The van der Waals surface area contributed by atoms with E-state index >= 15 is 0 Å². The number of aromatic nitrogens is 5. The Morgan fingerprint density at radius 2 is 2.13 bits per heavy atom. The average Bonchev–Trinajstić information content (AvgIpc) is 2.78. The molecule has 1 unspecified atom stereocenters. The molecule has 2 aromatic heterocycles. The highest BCUT2D eigenvalue weighted by atomic mass is 15.3. The number of H-pyrrole nitrogens is 1. The van der Waals surface area contributed by atoms with Crippen LogP contribution in [0.3, 0.4) is 0 Å². The van der Waals surface area contributed by atoms with Crippen LogP contribution in [0.1, 0.15) is 23.3 Å².